The number of hydrogen-bond acceptors (Lipinski definition) is 5. The third-order valence-corrected chi connectivity index (χ3v) is 6.65. The molecule has 5 rings (SSSR count). The van der Waals surface area contributed by atoms with E-state index in [1.54, 1.807) is 0 Å². The van der Waals surface area contributed by atoms with Gasteiger partial charge in [-0.15, -0.1) is 5.10 Å². The van der Waals surface area contributed by atoms with E-state index in [-0.39, 0.29) is 11.6 Å². The zero-order chi connectivity index (χ0) is 22.8. The zero-order valence-electron chi connectivity index (χ0n) is 19.3. The second-order valence-electron chi connectivity index (χ2n) is 9.09. The number of pyridine rings is 1. The molecule has 3 heterocycles. The number of aryl methyl sites for hydroxylation is 4. The molecule has 33 heavy (non-hydrogen) atoms. The molecule has 2 aromatic carbocycles. The van der Waals surface area contributed by atoms with Crippen molar-refractivity contribution < 1.29 is 0 Å². The highest BCUT2D eigenvalue weighted by Gasteiger charge is 2.31. The Bertz CT molecular complexity index is 1300. The van der Waals surface area contributed by atoms with Crippen molar-refractivity contribution in [1.82, 2.24) is 30.1 Å². The molecule has 7 heteroatoms. The number of nitrogens with one attached hydrogen (secondary N) is 1. The number of likely N-dealkylation sites (tertiary alicyclic amines) is 1. The Morgan fingerprint density at radius 3 is 2.61 bits per heavy atom. The van der Waals surface area contributed by atoms with Gasteiger partial charge in [-0.3, -0.25) is 9.69 Å². The fraction of sp³-hybridized carbons (Fsp3) is 0.385. The zero-order valence-corrected chi connectivity index (χ0v) is 19.3. The van der Waals surface area contributed by atoms with Crippen LogP contribution in [0.4, 0.5) is 0 Å². The molecule has 1 N–H and O–H groups in total. The molecule has 0 bridgehead atoms. The lowest BCUT2D eigenvalue weighted by Crippen LogP contribution is -2.38. The smallest absolute Gasteiger partial charge is 0.253 e. The maximum atomic E-state index is 13.4. The number of aromatic nitrogens is 5. The molecule has 1 aliphatic heterocycles. The molecule has 0 aliphatic carbocycles. The second kappa shape index (κ2) is 9.27. The normalized spacial score (nSPS) is 15.7. The molecule has 1 aliphatic rings. The lowest BCUT2D eigenvalue weighted by atomic mass is 9.98. The first-order valence-electron chi connectivity index (χ1n) is 11.8. The van der Waals surface area contributed by atoms with Crippen LogP contribution in [0, 0.1) is 13.8 Å². The van der Waals surface area contributed by atoms with Crippen LogP contribution in [-0.4, -0.2) is 43.2 Å². The first-order chi connectivity index (χ1) is 16.1. The van der Waals surface area contributed by atoms with Crippen LogP contribution in [0.15, 0.2) is 53.3 Å². The second-order valence-corrected chi connectivity index (χ2v) is 9.09. The molecule has 1 unspecified atom stereocenters. The van der Waals surface area contributed by atoms with Crippen LogP contribution in [0.2, 0.25) is 0 Å². The van der Waals surface area contributed by atoms with Gasteiger partial charge in [0.2, 0.25) is 0 Å². The maximum absolute atomic E-state index is 13.4. The minimum Gasteiger partial charge on any atom is -0.322 e. The standard InChI is InChI=1S/C26H30N6O/c1-18-15-19(2)21-17-22(26(33)27-23(21)16-18)24(31-12-7-4-8-13-31)25-28-29-30-32(25)14-11-20-9-5-3-6-10-20/h3,5-6,9-10,15-17,24H,4,7-8,11-14H2,1-2H3,(H,27,33). The number of H-pyrrole nitrogens is 1. The van der Waals surface area contributed by atoms with Crippen LogP contribution in [-0.2, 0) is 13.0 Å². The Morgan fingerprint density at radius 1 is 1.03 bits per heavy atom. The van der Waals surface area contributed by atoms with E-state index in [0.29, 0.717) is 12.1 Å². The van der Waals surface area contributed by atoms with E-state index in [4.69, 9.17) is 0 Å². The highest BCUT2D eigenvalue weighted by molar-refractivity contribution is 5.83. The van der Waals surface area contributed by atoms with Crippen molar-refractivity contribution in [1.29, 1.82) is 0 Å². The molecule has 0 radical (unpaired) electrons. The van der Waals surface area contributed by atoms with E-state index < -0.39 is 0 Å². The van der Waals surface area contributed by atoms with Crippen LogP contribution in [0.25, 0.3) is 10.9 Å². The van der Waals surface area contributed by atoms with E-state index in [9.17, 15) is 4.79 Å². The van der Waals surface area contributed by atoms with Crippen molar-refractivity contribution >= 4 is 10.9 Å². The highest BCUT2D eigenvalue weighted by atomic mass is 16.1. The van der Waals surface area contributed by atoms with Gasteiger partial charge in [-0.2, -0.15) is 0 Å². The summed E-state index contributed by atoms with van der Waals surface area (Å²) in [5, 5.41) is 13.8. The number of tetrazole rings is 1. The third-order valence-electron chi connectivity index (χ3n) is 6.65. The monoisotopic (exact) mass is 442 g/mol. The summed E-state index contributed by atoms with van der Waals surface area (Å²) in [6.45, 7) is 6.68. The van der Waals surface area contributed by atoms with Gasteiger partial charge in [0.05, 0.1) is 0 Å². The quantitative estimate of drug-likeness (QED) is 0.489. The third kappa shape index (κ3) is 4.46. The molecule has 4 aromatic rings. The van der Waals surface area contributed by atoms with Gasteiger partial charge in [-0.1, -0.05) is 42.8 Å². The van der Waals surface area contributed by atoms with Crippen molar-refractivity contribution in [2.75, 3.05) is 13.1 Å². The SMILES string of the molecule is Cc1cc(C)c2cc(C(c3nnnn3CCc3ccccc3)N3CCCCC3)c(=O)[nH]c2c1. The minimum absolute atomic E-state index is 0.0688. The Labute approximate surface area is 193 Å². The van der Waals surface area contributed by atoms with Gasteiger partial charge in [0.25, 0.3) is 5.56 Å². The minimum atomic E-state index is -0.273. The van der Waals surface area contributed by atoms with Crippen LogP contribution < -0.4 is 5.56 Å². The number of piperidine rings is 1. The van der Waals surface area contributed by atoms with Gasteiger partial charge >= 0.3 is 0 Å². The van der Waals surface area contributed by atoms with E-state index in [1.807, 2.05) is 28.9 Å². The summed E-state index contributed by atoms with van der Waals surface area (Å²) >= 11 is 0. The van der Waals surface area contributed by atoms with Gasteiger partial charge < -0.3 is 4.98 Å². The lowest BCUT2D eigenvalue weighted by Gasteiger charge is -2.33. The number of aromatic amines is 1. The largest absolute Gasteiger partial charge is 0.322 e. The van der Waals surface area contributed by atoms with E-state index in [2.05, 4.69) is 63.5 Å². The van der Waals surface area contributed by atoms with E-state index in [1.165, 1.54) is 12.0 Å². The maximum Gasteiger partial charge on any atom is 0.253 e. The van der Waals surface area contributed by atoms with Crippen molar-refractivity contribution in [3.05, 3.63) is 87.0 Å². The van der Waals surface area contributed by atoms with Gasteiger partial charge in [-0.05, 0) is 85.4 Å². The molecule has 0 saturated carbocycles. The van der Waals surface area contributed by atoms with Crippen molar-refractivity contribution in [2.24, 2.45) is 0 Å². The van der Waals surface area contributed by atoms with Crippen molar-refractivity contribution in [2.45, 2.75) is 52.1 Å². The van der Waals surface area contributed by atoms with Crippen LogP contribution >= 0.6 is 0 Å². The first kappa shape index (κ1) is 21.5. The van der Waals surface area contributed by atoms with Crippen molar-refractivity contribution in [3.63, 3.8) is 0 Å². The Morgan fingerprint density at radius 2 is 1.82 bits per heavy atom. The lowest BCUT2D eigenvalue weighted by molar-refractivity contribution is 0.176. The van der Waals surface area contributed by atoms with Crippen LogP contribution in [0.5, 0.6) is 0 Å². The number of hydrogen-bond donors (Lipinski definition) is 1. The topological polar surface area (TPSA) is 79.7 Å². The summed E-state index contributed by atoms with van der Waals surface area (Å²) in [5.41, 5.74) is 5.06. The first-order valence-corrected chi connectivity index (χ1v) is 11.8. The Kier molecular flexibility index (Phi) is 6.05. The van der Waals surface area contributed by atoms with Crippen LogP contribution in [0.1, 0.15) is 53.4 Å². The Balaban J connectivity index is 1.58. The highest BCUT2D eigenvalue weighted by Crippen LogP contribution is 2.30. The molecule has 2 aromatic heterocycles. The molecule has 1 fully saturated rings. The van der Waals surface area contributed by atoms with Gasteiger partial charge in [0, 0.05) is 23.0 Å². The fourth-order valence-corrected chi connectivity index (χ4v) is 5.01. The molecule has 170 valence electrons. The van der Waals surface area contributed by atoms with E-state index >= 15 is 0 Å². The molecule has 0 amide bonds. The van der Waals surface area contributed by atoms with Gasteiger partial charge in [0.15, 0.2) is 5.82 Å². The predicted molar refractivity (Wildman–Crippen MR) is 129 cm³/mol. The number of fused-ring (bicyclic) bond motifs is 1. The molecule has 7 nitrogen and oxygen atoms in total. The summed E-state index contributed by atoms with van der Waals surface area (Å²) in [6.07, 6.45) is 4.28. The fourth-order valence-electron chi connectivity index (χ4n) is 5.01. The predicted octanol–water partition coefficient (Wildman–Crippen LogP) is 3.95. The summed E-state index contributed by atoms with van der Waals surface area (Å²) in [5.74, 6) is 0.738. The number of benzene rings is 2. The summed E-state index contributed by atoms with van der Waals surface area (Å²) in [6, 6.07) is 16.3. The van der Waals surface area contributed by atoms with Gasteiger partial charge in [0.1, 0.15) is 6.04 Å². The average Bonchev–Trinajstić information content (AvgIpc) is 3.28. The molecular weight excluding hydrogens is 412 g/mol. The average molecular weight is 443 g/mol. The molecule has 1 saturated heterocycles. The van der Waals surface area contributed by atoms with Crippen LogP contribution in [0.3, 0.4) is 0 Å². The Hall–Kier alpha value is -3.32. The molecule has 1 atom stereocenters. The summed E-state index contributed by atoms with van der Waals surface area (Å²) < 4.78 is 1.87. The van der Waals surface area contributed by atoms with Gasteiger partial charge in [-0.25, -0.2) is 4.68 Å². The molecular formula is C26H30N6O. The summed E-state index contributed by atoms with van der Waals surface area (Å²) in [4.78, 5) is 18.9. The molecule has 0 spiro atoms. The number of rotatable bonds is 6. The van der Waals surface area contributed by atoms with Crippen molar-refractivity contribution in [3.8, 4) is 0 Å². The van der Waals surface area contributed by atoms with E-state index in [0.717, 1.165) is 60.2 Å². The summed E-state index contributed by atoms with van der Waals surface area (Å²) in [7, 11) is 0. The number of nitrogens with zero attached hydrogens (tertiary/aromatic N) is 5.